The SMILES string of the molecule is CC/C=C\C/C=C\C/C=C\C/C=C\C/C=C\C/C=C\C/C=C\CCCCCCCCCCCCCCCCCC(=O)NC(CO)C(O)/C=C/CCCCCCCCCC. The van der Waals surface area contributed by atoms with Crippen LogP contribution in [0.5, 0.6) is 0 Å². The lowest BCUT2D eigenvalue weighted by Gasteiger charge is -2.20. The van der Waals surface area contributed by atoms with Crippen molar-refractivity contribution in [3.63, 3.8) is 0 Å². The lowest BCUT2D eigenvalue weighted by atomic mass is 10.0. The first-order valence-electron chi connectivity index (χ1n) is 25.0. The van der Waals surface area contributed by atoms with E-state index >= 15 is 0 Å². The predicted octanol–water partition coefficient (Wildman–Crippen LogP) is 16.2. The molecule has 3 N–H and O–H groups in total. The molecule has 59 heavy (non-hydrogen) atoms. The predicted molar refractivity (Wildman–Crippen MR) is 262 cm³/mol. The molecule has 0 aromatic carbocycles. The highest BCUT2D eigenvalue weighted by molar-refractivity contribution is 5.76. The summed E-state index contributed by atoms with van der Waals surface area (Å²) in [4.78, 5) is 12.4. The van der Waals surface area contributed by atoms with Crippen molar-refractivity contribution >= 4 is 5.91 Å². The highest BCUT2D eigenvalue weighted by Crippen LogP contribution is 2.15. The van der Waals surface area contributed by atoms with Crippen LogP contribution in [0.25, 0.3) is 0 Å². The van der Waals surface area contributed by atoms with Crippen molar-refractivity contribution < 1.29 is 15.0 Å². The third-order valence-corrected chi connectivity index (χ3v) is 10.8. The fourth-order valence-electron chi connectivity index (χ4n) is 7.04. The van der Waals surface area contributed by atoms with Crippen LogP contribution in [-0.2, 0) is 4.79 Å². The van der Waals surface area contributed by atoms with E-state index in [2.05, 4.69) is 104 Å². The third kappa shape index (κ3) is 46.2. The number of carbonyl (C=O) groups excluding carboxylic acids is 1. The number of hydrogen-bond acceptors (Lipinski definition) is 3. The number of allylic oxidation sites excluding steroid dienone is 15. The first kappa shape index (κ1) is 56.3. The van der Waals surface area contributed by atoms with Gasteiger partial charge in [0.15, 0.2) is 0 Å². The molecule has 0 aliphatic carbocycles. The summed E-state index contributed by atoms with van der Waals surface area (Å²) >= 11 is 0. The third-order valence-electron chi connectivity index (χ3n) is 10.8. The molecule has 0 spiro atoms. The Morgan fingerprint density at radius 3 is 1.12 bits per heavy atom. The van der Waals surface area contributed by atoms with E-state index in [-0.39, 0.29) is 12.5 Å². The van der Waals surface area contributed by atoms with E-state index in [9.17, 15) is 15.0 Å². The monoisotopic (exact) mass is 818 g/mol. The zero-order chi connectivity index (χ0) is 42.8. The van der Waals surface area contributed by atoms with E-state index in [0.29, 0.717) is 6.42 Å². The summed E-state index contributed by atoms with van der Waals surface area (Å²) in [6.07, 6.45) is 74.0. The van der Waals surface area contributed by atoms with Gasteiger partial charge in [-0.3, -0.25) is 4.79 Å². The van der Waals surface area contributed by atoms with Crippen molar-refractivity contribution in [3.8, 4) is 0 Å². The molecule has 0 rings (SSSR count). The summed E-state index contributed by atoms with van der Waals surface area (Å²) in [5.41, 5.74) is 0. The fraction of sp³-hybridized carbons (Fsp3) is 0.691. The van der Waals surface area contributed by atoms with Gasteiger partial charge >= 0.3 is 0 Å². The summed E-state index contributed by atoms with van der Waals surface area (Å²) in [5.74, 6) is -0.0693. The molecule has 1 amide bonds. The van der Waals surface area contributed by atoms with Crippen LogP contribution in [-0.4, -0.2) is 34.9 Å². The Morgan fingerprint density at radius 1 is 0.424 bits per heavy atom. The van der Waals surface area contributed by atoms with Crippen molar-refractivity contribution in [1.29, 1.82) is 0 Å². The Labute approximate surface area is 366 Å². The molecule has 0 aromatic heterocycles. The maximum atomic E-state index is 12.4. The van der Waals surface area contributed by atoms with E-state index in [4.69, 9.17) is 0 Å². The minimum absolute atomic E-state index is 0.0693. The Kier molecular flexibility index (Phi) is 47.4. The highest BCUT2D eigenvalue weighted by Gasteiger charge is 2.17. The summed E-state index contributed by atoms with van der Waals surface area (Å²) in [5, 5.41) is 22.9. The first-order valence-corrected chi connectivity index (χ1v) is 25.0. The Hall–Kier alpha value is -2.69. The van der Waals surface area contributed by atoms with Gasteiger partial charge in [-0.1, -0.05) is 239 Å². The summed E-state index contributed by atoms with van der Waals surface area (Å²) in [6.45, 7) is 4.17. The molecule has 4 heteroatoms. The van der Waals surface area contributed by atoms with E-state index in [1.807, 2.05) is 6.08 Å². The summed E-state index contributed by atoms with van der Waals surface area (Å²) in [7, 11) is 0. The topological polar surface area (TPSA) is 69.6 Å². The van der Waals surface area contributed by atoms with E-state index in [0.717, 1.165) is 70.6 Å². The summed E-state index contributed by atoms with van der Waals surface area (Å²) < 4.78 is 0. The number of hydrogen-bond donors (Lipinski definition) is 3. The maximum Gasteiger partial charge on any atom is 0.220 e. The molecule has 2 unspecified atom stereocenters. The van der Waals surface area contributed by atoms with E-state index in [1.54, 1.807) is 6.08 Å². The quantitative estimate of drug-likeness (QED) is 0.0424. The summed E-state index contributed by atoms with van der Waals surface area (Å²) in [6, 6.07) is -0.624. The number of amides is 1. The molecule has 0 aromatic rings. The zero-order valence-electron chi connectivity index (χ0n) is 38.7. The molecule has 0 aliphatic rings. The van der Waals surface area contributed by atoms with Crippen LogP contribution in [0.1, 0.15) is 226 Å². The molecule has 0 aliphatic heterocycles. The van der Waals surface area contributed by atoms with Gasteiger partial charge in [0.25, 0.3) is 0 Å². The van der Waals surface area contributed by atoms with Crippen LogP contribution >= 0.6 is 0 Å². The second-order valence-electron chi connectivity index (χ2n) is 16.5. The number of aliphatic hydroxyl groups is 2. The molecule has 0 saturated carbocycles. The average Bonchev–Trinajstić information content (AvgIpc) is 3.24. The average molecular weight is 818 g/mol. The van der Waals surface area contributed by atoms with Gasteiger partial charge in [-0.25, -0.2) is 0 Å². The van der Waals surface area contributed by atoms with Crippen LogP contribution in [0, 0.1) is 0 Å². The number of nitrogens with one attached hydrogen (secondary N) is 1. The second-order valence-corrected chi connectivity index (χ2v) is 16.5. The van der Waals surface area contributed by atoms with E-state index < -0.39 is 12.1 Å². The van der Waals surface area contributed by atoms with Crippen LogP contribution in [0.15, 0.2) is 97.2 Å². The minimum atomic E-state index is -0.841. The molecule has 0 radical (unpaired) electrons. The highest BCUT2D eigenvalue weighted by atomic mass is 16.3. The van der Waals surface area contributed by atoms with Crippen molar-refractivity contribution in [2.24, 2.45) is 0 Å². The molecule has 0 bridgehead atoms. The van der Waals surface area contributed by atoms with Crippen molar-refractivity contribution in [3.05, 3.63) is 97.2 Å². The smallest absolute Gasteiger partial charge is 0.220 e. The zero-order valence-corrected chi connectivity index (χ0v) is 38.7. The van der Waals surface area contributed by atoms with E-state index in [1.165, 1.54) is 135 Å². The molecule has 0 saturated heterocycles. The maximum absolute atomic E-state index is 12.4. The van der Waals surface area contributed by atoms with Gasteiger partial charge in [-0.15, -0.1) is 0 Å². The number of unbranched alkanes of at least 4 members (excludes halogenated alkanes) is 23. The number of carbonyl (C=O) groups is 1. The van der Waals surface area contributed by atoms with Crippen molar-refractivity contribution in [1.82, 2.24) is 5.32 Å². The molecule has 4 nitrogen and oxygen atoms in total. The lowest BCUT2D eigenvalue weighted by Crippen LogP contribution is -2.45. The van der Waals surface area contributed by atoms with Gasteiger partial charge in [0.1, 0.15) is 0 Å². The number of aliphatic hydroxyl groups excluding tert-OH is 2. The van der Waals surface area contributed by atoms with Crippen LogP contribution in [0.4, 0.5) is 0 Å². The van der Waals surface area contributed by atoms with Gasteiger partial charge in [0.05, 0.1) is 18.8 Å². The standard InChI is InChI=1S/C55H95NO3/c1-3-5-7-9-11-13-15-16-17-18-19-20-21-22-23-24-25-26-27-28-29-30-31-32-33-34-35-36-37-38-39-40-41-43-45-47-49-51-55(59)56-53(52-57)54(58)50-48-46-44-42-14-12-10-8-6-4-2/h5,7,11,13,16-17,19-20,22-23,25-26,28-29,48,50,53-54,57-58H,3-4,6,8-10,12,14-15,18,21,24,27,30-47,49,51-52H2,1-2H3,(H,56,59)/b7-5-,13-11-,17-16-,20-19-,23-22-,26-25-,29-28-,50-48+. The molecule has 0 fully saturated rings. The van der Waals surface area contributed by atoms with Gasteiger partial charge < -0.3 is 15.5 Å². The van der Waals surface area contributed by atoms with Gasteiger partial charge in [-0.05, 0) is 77.0 Å². The van der Waals surface area contributed by atoms with Crippen molar-refractivity contribution in [2.75, 3.05) is 6.61 Å². The van der Waals surface area contributed by atoms with Crippen LogP contribution < -0.4 is 5.32 Å². The molecule has 2 atom stereocenters. The van der Waals surface area contributed by atoms with Crippen LogP contribution in [0.2, 0.25) is 0 Å². The van der Waals surface area contributed by atoms with Gasteiger partial charge in [0.2, 0.25) is 5.91 Å². The molecular weight excluding hydrogens is 723 g/mol. The second kappa shape index (κ2) is 49.7. The Bertz CT molecular complexity index is 1110. The van der Waals surface area contributed by atoms with Crippen LogP contribution in [0.3, 0.4) is 0 Å². The van der Waals surface area contributed by atoms with Gasteiger partial charge in [-0.2, -0.15) is 0 Å². The molecule has 338 valence electrons. The number of rotatable bonds is 44. The molecular formula is C55H95NO3. The Morgan fingerprint density at radius 2 is 0.746 bits per heavy atom. The largest absolute Gasteiger partial charge is 0.394 e. The lowest BCUT2D eigenvalue weighted by molar-refractivity contribution is -0.123. The first-order chi connectivity index (χ1) is 29.2. The van der Waals surface area contributed by atoms with Gasteiger partial charge in [0, 0.05) is 6.42 Å². The molecule has 0 heterocycles. The normalized spacial score (nSPS) is 13.8. The minimum Gasteiger partial charge on any atom is -0.394 e. The van der Waals surface area contributed by atoms with Crippen molar-refractivity contribution in [2.45, 2.75) is 238 Å². The Balaban J connectivity index is 3.51. The fourth-order valence-corrected chi connectivity index (χ4v) is 7.04.